The first-order valence-electron chi connectivity index (χ1n) is 12.7. The zero-order valence-corrected chi connectivity index (χ0v) is 22.9. The van der Waals surface area contributed by atoms with Crippen LogP contribution >= 0.6 is 11.3 Å². The van der Waals surface area contributed by atoms with Crippen LogP contribution in [0.15, 0.2) is 92.4 Å². The highest BCUT2D eigenvalue weighted by Crippen LogP contribution is 2.31. The van der Waals surface area contributed by atoms with Gasteiger partial charge in [0.05, 0.1) is 41.3 Å². The Morgan fingerprint density at radius 2 is 1.82 bits per heavy atom. The van der Waals surface area contributed by atoms with Crippen LogP contribution in [0.4, 0.5) is 0 Å². The van der Waals surface area contributed by atoms with Crippen LogP contribution in [0.3, 0.4) is 0 Å². The molecule has 5 rings (SSSR count). The summed E-state index contributed by atoms with van der Waals surface area (Å²) in [4.78, 5) is 44.2. The van der Waals surface area contributed by atoms with Gasteiger partial charge in [0.2, 0.25) is 5.76 Å². The van der Waals surface area contributed by atoms with Gasteiger partial charge >= 0.3 is 11.9 Å². The highest BCUT2D eigenvalue weighted by molar-refractivity contribution is 7.07. The van der Waals surface area contributed by atoms with Gasteiger partial charge in [0, 0.05) is 0 Å². The SMILES string of the molecule is CCOC(=O)C1=C(C)N=c2s/c(=C\c3ccc(OC(=O)c4ccco4)c(OCC)c3)c(=O)n2[C@@H]1c1ccccc1. The molecule has 0 radical (unpaired) electrons. The fourth-order valence-electron chi connectivity index (χ4n) is 4.41. The van der Waals surface area contributed by atoms with Gasteiger partial charge in [0.15, 0.2) is 16.3 Å². The third kappa shape index (κ3) is 5.26. The number of hydrogen-bond donors (Lipinski definition) is 0. The van der Waals surface area contributed by atoms with Crippen molar-refractivity contribution in [1.29, 1.82) is 0 Å². The first kappa shape index (κ1) is 26.9. The summed E-state index contributed by atoms with van der Waals surface area (Å²) in [5.74, 6) is -0.529. The smallest absolute Gasteiger partial charge is 0.379 e. The van der Waals surface area contributed by atoms with Gasteiger partial charge in [-0.15, -0.1) is 0 Å². The number of thiazole rings is 1. The average Bonchev–Trinajstić information content (AvgIpc) is 3.59. The molecular formula is C30H26N2O7S. The van der Waals surface area contributed by atoms with Crippen LogP contribution in [0.2, 0.25) is 0 Å². The average molecular weight is 559 g/mol. The number of hydrogen-bond acceptors (Lipinski definition) is 9. The topological polar surface area (TPSA) is 109 Å². The van der Waals surface area contributed by atoms with E-state index in [-0.39, 0.29) is 23.7 Å². The first-order chi connectivity index (χ1) is 19.4. The lowest BCUT2D eigenvalue weighted by Gasteiger charge is -2.24. The molecule has 40 heavy (non-hydrogen) atoms. The van der Waals surface area contributed by atoms with E-state index in [1.807, 2.05) is 37.3 Å². The molecule has 204 valence electrons. The number of rotatable bonds is 8. The third-order valence-corrected chi connectivity index (χ3v) is 7.11. The Labute approximate surface area is 233 Å². The van der Waals surface area contributed by atoms with E-state index in [2.05, 4.69) is 4.99 Å². The van der Waals surface area contributed by atoms with Gasteiger partial charge in [0.1, 0.15) is 0 Å². The van der Waals surface area contributed by atoms with E-state index in [0.717, 1.165) is 5.56 Å². The van der Waals surface area contributed by atoms with E-state index in [4.69, 9.17) is 18.6 Å². The molecule has 0 saturated carbocycles. The minimum atomic E-state index is -0.680. The highest BCUT2D eigenvalue weighted by atomic mass is 32.1. The Kier molecular flexibility index (Phi) is 7.79. The number of ether oxygens (including phenoxy) is 3. The molecule has 2 aromatic heterocycles. The maximum atomic E-state index is 13.8. The van der Waals surface area contributed by atoms with Crippen LogP contribution in [0, 0.1) is 0 Å². The lowest BCUT2D eigenvalue weighted by Crippen LogP contribution is -2.39. The number of furan rings is 1. The van der Waals surface area contributed by atoms with Crippen molar-refractivity contribution in [1.82, 2.24) is 4.57 Å². The zero-order chi connectivity index (χ0) is 28.2. The summed E-state index contributed by atoms with van der Waals surface area (Å²) in [6, 6.07) is 16.8. The monoisotopic (exact) mass is 558 g/mol. The largest absolute Gasteiger partial charge is 0.490 e. The van der Waals surface area contributed by atoms with Gasteiger partial charge < -0.3 is 18.6 Å². The number of fused-ring (bicyclic) bond motifs is 1. The molecule has 0 amide bonds. The Hall–Kier alpha value is -4.70. The fraction of sp³-hybridized carbons (Fsp3) is 0.200. The minimum Gasteiger partial charge on any atom is -0.490 e. The molecule has 0 N–H and O–H groups in total. The van der Waals surface area contributed by atoms with Crippen molar-refractivity contribution in [3.8, 4) is 11.5 Å². The summed E-state index contributed by atoms with van der Waals surface area (Å²) in [6.45, 7) is 5.84. The number of carbonyl (C=O) groups is 2. The minimum absolute atomic E-state index is 0.0677. The highest BCUT2D eigenvalue weighted by Gasteiger charge is 2.33. The molecule has 1 aliphatic heterocycles. The molecule has 0 aliphatic carbocycles. The molecule has 0 spiro atoms. The van der Waals surface area contributed by atoms with Gasteiger partial charge in [0.25, 0.3) is 5.56 Å². The Morgan fingerprint density at radius 3 is 2.52 bits per heavy atom. The van der Waals surface area contributed by atoms with Crippen molar-refractivity contribution in [3.05, 3.63) is 115 Å². The van der Waals surface area contributed by atoms with Crippen molar-refractivity contribution >= 4 is 29.4 Å². The lowest BCUT2D eigenvalue weighted by atomic mass is 9.96. The van der Waals surface area contributed by atoms with E-state index in [1.54, 1.807) is 44.2 Å². The van der Waals surface area contributed by atoms with Gasteiger partial charge in [-0.3, -0.25) is 9.36 Å². The summed E-state index contributed by atoms with van der Waals surface area (Å²) in [5, 5.41) is 0. The van der Waals surface area contributed by atoms with E-state index in [1.165, 1.54) is 28.2 Å². The maximum Gasteiger partial charge on any atom is 0.379 e. The van der Waals surface area contributed by atoms with Crippen LogP contribution in [-0.4, -0.2) is 29.7 Å². The molecular weight excluding hydrogens is 532 g/mol. The molecule has 0 unspecified atom stereocenters. The van der Waals surface area contributed by atoms with Crippen LogP contribution in [0.5, 0.6) is 11.5 Å². The molecule has 9 nitrogen and oxygen atoms in total. The summed E-state index contributed by atoms with van der Waals surface area (Å²) in [5.41, 5.74) is 1.96. The first-order valence-corrected chi connectivity index (χ1v) is 13.5. The number of benzene rings is 2. The molecule has 0 saturated heterocycles. The molecule has 3 heterocycles. The van der Waals surface area contributed by atoms with Gasteiger partial charge in [-0.2, -0.15) is 0 Å². The second-order valence-corrected chi connectivity index (χ2v) is 9.73. The van der Waals surface area contributed by atoms with Crippen molar-refractivity contribution in [2.24, 2.45) is 4.99 Å². The van der Waals surface area contributed by atoms with Crippen LogP contribution in [0.25, 0.3) is 6.08 Å². The van der Waals surface area contributed by atoms with Crippen molar-refractivity contribution in [2.45, 2.75) is 26.8 Å². The van der Waals surface area contributed by atoms with E-state index >= 15 is 0 Å². The summed E-state index contributed by atoms with van der Waals surface area (Å²) in [7, 11) is 0. The van der Waals surface area contributed by atoms with Crippen molar-refractivity contribution in [3.63, 3.8) is 0 Å². The zero-order valence-electron chi connectivity index (χ0n) is 22.1. The molecule has 0 fully saturated rings. The number of allylic oxidation sites excluding steroid dienone is 1. The maximum absolute atomic E-state index is 13.8. The van der Waals surface area contributed by atoms with E-state index < -0.39 is 18.0 Å². The Balaban J connectivity index is 1.58. The molecule has 10 heteroatoms. The fourth-order valence-corrected chi connectivity index (χ4v) is 5.45. The normalized spacial score (nSPS) is 14.9. The molecule has 1 atom stereocenters. The number of nitrogens with zero attached hydrogens (tertiary/aromatic N) is 2. The van der Waals surface area contributed by atoms with Crippen molar-refractivity contribution < 1.29 is 28.2 Å². The molecule has 2 aromatic carbocycles. The standard InChI is InChI=1S/C30H26N2O7S/c1-4-36-23-16-19(13-14-21(23)39-28(34)22-12-9-15-38-22)17-24-27(33)32-26(20-10-7-6-8-11-20)25(29(35)37-5-2)18(3)31-30(32)40-24/h6-17,26H,4-5H2,1-3H3/b24-17-/t26-/m1/s1. The second kappa shape index (κ2) is 11.6. The lowest BCUT2D eigenvalue weighted by molar-refractivity contribution is -0.139. The summed E-state index contributed by atoms with van der Waals surface area (Å²) in [6.07, 6.45) is 3.11. The molecule has 4 aromatic rings. The number of carbonyl (C=O) groups excluding carboxylic acids is 2. The van der Waals surface area contributed by atoms with Gasteiger partial charge in [-0.25, -0.2) is 14.6 Å². The van der Waals surface area contributed by atoms with Crippen LogP contribution in [0.1, 0.15) is 48.5 Å². The van der Waals surface area contributed by atoms with Crippen LogP contribution < -0.4 is 24.4 Å². The second-order valence-electron chi connectivity index (χ2n) is 8.72. The predicted molar refractivity (Wildman–Crippen MR) is 148 cm³/mol. The predicted octanol–water partition coefficient (Wildman–Crippen LogP) is 4.01. The number of aromatic nitrogens is 1. The molecule has 0 bridgehead atoms. The van der Waals surface area contributed by atoms with Gasteiger partial charge in [-0.1, -0.05) is 47.7 Å². The number of esters is 2. The quantitative estimate of drug-likeness (QED) is 0.237. The molecule has 1 aliphatic rings. The van der Waals surface area contributed by atoms with E-state index in [9.17, 15) is 14.4 Å². The summed E-state index contributed by atoms with van der Waals surface area (Å²) >= 11 is 1.22. The Bertz CT molecular complexity index is 1770. The van der Waals surface area contributed by atoms with Crippen molar-refractivity contribution in [2.75, 3.05) is 13.2 Å². The summed E-state index contributed by atoms with van der Waals surface area (Å²) < 4.78 is 23.6. The van der Waals surface area contributed by atoms with Crippen LogP contribution in [-0.2, 0) is 9.53 Å². The Morgan fingerprint density at radius 1 is 1.02 bits per heavy atom. The third-order valence-electron chi connectivity index (χ3n) is 6.12. The van der Waals surface area contributed by atoms with Gasteiger partial charge in [-0.05, 0) is 62.2 Å². The van der Waals surface area contributed by atoms with E-state index in [0.29, 0.717) is 38.5 Å².